The molecule has 4 rings (SSSR count). The van der Waals surface area contributed by atoms with Crippen molar-refractivity contribution >= 4 is 46.1 Å². The van der Waals surface area contributed by atoms with Crippen LogP contribution < -0.4 is 5.32 Å². The van der Waals surface area contributed by atoms with Gasteiger partial charge in [0.25, 0.3) is 11.8 Å². The van der Waals surface area contributed by atoms with Crippen molar-refractivity contribution in [1.29, 1.82) is 0 Å². The number of carbonyl (C=O) groups excluding carboxylic acids is 2. The van der Waals surface area contributed by atoms with Gasteiger partial charge in [-0.2, -0.15) is 0 Å². The topological polar surface area (TPSA) is 61.9 Å². The van der Waals surface area contributed by atoms with Crippen LogP contribution in [0.3, 0.4) is 0 Å². The minimum atomic E-state index is -0.253. The fraction of sp³-hybridized carbons (Fsp3) is 0.500. The van der Waals surface area contributed by atoms with Crippen LogP contribution in [0.1, 0.15) is 42.7 Å². The number of thiophene rings is 2. The molecule has 0 saturated carbocycles. The third-order valence-electron chi connectivity index (χ3n) is 5.80. The minimum absolute atomic E-state index is 0.0113. The van der Waals surface area contributed by atoms with Gasteiger partial charge in [-0.15, -0.1) is 22.7 Å². The van der Waals surface area contributed by atoms with Crippen LogP contribution in [0, 0.1) is 0 Å². The van der Waals surface area contributed by atoms with E-state index in [4.69, 9.17) is 16.3 Å². The molecule has 6 nitrogen and oxygen atoms in total. The normalized spacial score (nSPS) is 24.6. The van der Waals surface area contributed by atoms with Gasteiger partial charge in [0.2, 0.25) is 0 Å². The summed E-state index contributed by atoms with van der Waals surface area (Å²) in [4.78, 5) is 32.4. The molecule has 29 heavy (non-hydrogen) atoms. The number of halogens is 1. The third-order valence-corrected chi connectivity index (χ3v) is 8.36. The highest BCUT2D eigenvalue weighted by Crippen LogP contribution is 2.36. The van der Waals surface area contributed by atoms with Gasteiger partial charge in [0.15, 0.2) is 0 Å². The lowest BCUT2D eigenvalue weighted by atomic mass is 10.0. The van der Waals surface area contributed by atoms with Crippen molar-refractivity contribution < 1.29 is 14.3 Å². The lowest BCUT2D eigenvalue weighted by Crippen LogP contribution is -2.43. The van der Waals surface area contributed by atoms with Gasteiger partial charge in [0, 0.05) is 37.7 Å². The molecule has 2 aliphatic heterocycles. The van der Waals surface area contributed by atoms with E-state index in [1.807, 2.05) is 6.07 Å². The number of methoxy groups -OCH3 is 1. The van der Waals surface area contributed by atoms with E-state index in [1.165, 1.54) is 21.8 Å². The van der Waals surface area contributed by atoms with Gasteiger partial charge in [-0.1, -0.05) is 11.6 Å². The average molecular weight is 454 g/mol. The number of hydrogen-bond acceptors (Lipinski definition) is 6. The number of nitrogens with zero attached hydrogens (tertiary/aromatic N) is 2. The minimum Gasteiger partial charge on any atom is -0.377 e. The second kappa shape index (κ2) is 8.35. The van der Waals surface area contributed by atoms with E-state index in [9.17, 15) is 9.59 Å². The molecule has 1 N–H and O–H groups in total. The number of likely N-dealkylation sites (tertiary alicyclic amines) is 1. The Morgan fingerprint density at radius 2 is 2.03 bits per heavy atom. The van der Waals surface area contributed by atoms with Crippen LogP contribution in [-0.4, -0.2) is 67.6 Å². The Morgan fingerprint density at radius 3 is 2.72 bits per heavy atom. The lowest BCUT2D eigenvalue weighted by Gasteiger charge is -2.29. The summed E-state index contributed by atoms with van der Waals surface area (Å²) in [5.74, 6) is -0.177. The highest BCUT2D eigenvalue weighted by molar-refractivity contribution is 7.18. The SMILES string of the molecule is CO[C@H]1CN(C(=O)c2cc3c(s2)C(C)N(C)CC3)C[C@@H]1NC(=O)c1ccc(Cl)s1. The standard InChI is InChI=1S/C20H24ClN3O3S2/c1-11-18-12(6-7-23(11)2)8-16(29-18)20(26)24-9-13(14(10-24)27-3)22-19(25)15-4-5-17(21)28-15/h4-5,8,11,13-14H,6-7,9-10H2,1-3H3,(H,22,25)/t11?,13-,14-/m0/s1. The van der Waals surface area contributed by atoms with E-state index in [1.54, 1.807) is 35.5 Å². The fourth-order valence-electron chi connectivity index (χ4n) is 3.94. The van der Waals surface area contributed by atoms with Crippen molar-refractivity contribution in [2.24, 2.45) is 0 Å². The first-order chi connectivity index (χ1) is 13.9. The van der Waals surface area contributed by atoms with Crippen LogP contribution in [0.2, 0.25) is 4.34 Å². The highest BCUT2D eigenvalue weighted by Gasteiger charge is 2.38. The summed E-state index contributed by atoms with van der Waals surface area (Å²) in [6, 6.07) is 5.54. The van der Waals surface area contributed by atoms with Gasteiger partial charge in [0.1, 0.15) is 0 Å². The molecule has 2 aromatic heterocycles. The van der Waals surface area contributed by atoms with E-state index < -0.39 is 0 Å². The monoisotopic (exact) mass is 453 g/mol. The second-order valence-electron chi connectivity index (χ2n) is 7.57. The molecule has 0 radical (unpaired) electrons. The average Bonchev–Trinajstić information content (AvgIpc) is 3.42. The maximum Gasteiger partial charge on any atom is 0.264 e. The van der Waals surface area contributed by atoms with Crippen LogP contribution in [-0.2, 0) is 11.2 Å². The molecule has 9 heteroatoms. The number of fused-ring (bicyclic) bond motifs is 1. The summed E-state index contributed by atoms with van der Waals surface area (Å²) < 4.78 is 6.13. The molecule has 156 valence electrons. The molecule has 0 aliphatic carbocycles. The molecule has 0 spiro atoms. The summed E-state index contributed by atoms with van der Waals surface area (Å²) in [6.07, 6.45) is 0.737. The van der Waals surface area contributed by atoms with Gasteiger partial charge in [-0.05, 0) is 44.2 Å². The molecule has 0 bridgehead atoms. The van der Waals surface area contributed by atoms with Crippen LogP contribution in [0.15, 0.2) is 18.2 Å². The molecular weight excluding hydrogens is 430 g/mol. The van der Waals surface area contributed by atoms with Crippen molar-refractivity contribution in [3.63, 3.8) is 0 Å². The highest BCUT2D eigenvalue weighted by atomic mass is 35.5. The van der Waals surface area contributed by atoms with Gasteiger partial charge in [0.05, 0.1) is 26.2 Å². The summed E-state index contributed by atoms with van der Waals surface area (Å²) in [5, 5.41) is 3.00. The molecule has 1 saturated heterocycles. The summed E-state index contributed by atoms with van der Waals surface area (Å²) in [7, 11) is 3.73. The van der Waals surface area contributed by atoms with E-state index in [2.05, 4.69) is 24.2 Å². The molecule has 1 unspecified atom stereocenters. The summed E-state index contributed by atoms with van der Waals surface area (Å²) in [5.41, 5.74) is 1.28. The number of nitrogens with one attached hydrogen (secondary N) is 1. The van der Waals surface area contributed by atoms with Crippen LogP contribution >= 0.6 is 34.3 Å². The first-order valence-corrected chi connectivity index (χ1v) is 11.6. The quantitative estimate of drug-likeness (QED) is 0.771. The van der Waals surface area contributed by atoms with Gasteiger partial charge in [-0.25, -0.2) is 0 Å². The Kier molecular flexibility index (Phi) is 5.99. The maximum absolute atomic E-state index is 13.2. The number of carbonyl (C=O) groups is 2. The van der Waals surface area contributed by atoms with Crippen LogP contribution in [0.5, 0.6) is 0 Å². The van der Waals surface area contributed by atoms with Crippen molar-refractivity contribution in [1.82, 2.24) is 15.1 Å². The van der Waals surface area contributed by atoms with E-state index in [0.29, 0.717) is 28.3 Å². The van der Waals surface area contributed by atoms with E-state index >= 15 is 0 Å². The van der Waals surface area contributed by atoms with Crippen LogP contribution in [0.25, 0.3) is 0 Å². The molecule has 4 heterocycles. The second-order valence-corrected chi connectivity index (χ2v) is 10.4. The number of likely N-dealkylation sites (N-methyl/N-ethyl adjacent to an activating group) is 1. The maximum atomic E-state index is 13.2. The van der Waals surface area contributed by atoms with Gasteiger partial charge in [-0.3, -0.25) is 14.5 Å². The predicted molar refractivity (Wildman–Crippen MR) is 116 cm³/mol. The third kappa shape index (κ3) is 4.09. The molecule has 2 aromatic rings. The van der Waals surface area contributed by atoms with E-state index in [-0.39, 0.29) is 24.0 Å². The lowest BCUT2D eigenvalue weighted by molar-refractivity contribution is 0.0695. The Balaban J connectivity index is 1.46. The Morgan fingerprint density at radius 1 is 1.24 bits per heavy atom. The van der Waals surface area contributed by atoms with E-state index in [0.717, 1.165) is 17.8 Å². The molecule has 0 aromatic carbocycles. The summed E-state index contributed by atoms with van der Waals surface area (Å²) in [6.45, 7) is 4.08. The van der Waals surface area contributed by atoms with Crippen LogP contribution in [0.4, 0.5) is 0 Å². The van der Waals surface area contributed by atoms with Crippen molar-refractivity contribution in [2.75, 3.05) is 33.8 Å². The number of ether oxygens (including phenoxy) is 1. The Bertz CT molecular complexity index is 928. The summed E-state index contributed by atoms with van der Waals surface area (Å²) >= 11 is 8.76. The Hall–Kier alpha value is -1.45. The van der Waals surface area contributed by atoms with Gasteiger partial charge >= 0.3 is 0 Å². The Labute approximate surface area is 183 Å². The zero-order chi connectivity index (χ0) is 20.7. The predicted octanol–water partition coefficient (Wildman–Crippen LogP) is 3.28. The fourth-order valence-corrected chi connectivity index (χ4v) is 6.18. The van der Waals surface area contributed by atoms with Gasteiger partial charge < -0.3 is 15.0 Å². The van der Waals surface area contributed by atoms with Crippen molar-refractivity contribution in [3.8, 4) is 0 Å². The number of hydrogen-bond donors (Lipinski definition) is 1. The van der Waals surface area contributed by atoms with Crippen molar-refractivity contribution in [2.45, 2.75) is 31.5 Å². The molecule has 1 fully saturated rings. The first-order valence-electron chi connectivity index (χ1n) is 9.58. The zero-order valence-electron chi connectivity index (χ0n) is 16.6. The first kappa shape index (κ1) is 20.8. The smallest absolute Gasteiger partial charge is 0.264 e. The largest absolute Gasteiger partial charge is 0.377 e. The molecule has 2 amide bonds. The molecular formula is C20H24ClN3O3S2. The number of rotatable bonds is 4. The van der Waals surface area contributed by atoms with Crippen molar-refractivity contribution in [3.05, 3.63) is 42.7 Å². The molecule has 3 atom stereocenters. The number of amides is 2. The molecule has 2 aliphatic rings. The zero-order valence-corrected chi connectivity index (χ0v) is 19.0.